The lowest BCUT2D eigenvalue weighted by atomic mass is 10.0. The van der Waals surface area contributed by atoms with E-state index < -0.39 is 0 Å². The number of hydrogen-bond donors (Lipinski definition) is 1. The Morgan fingerprint density at radius 2 is 1.93 bits per heavy atom. The molecular weight excluding hydrogens is 186 g/mol. The maximum absolute atomic E-state index is 5.99. The van der Waals surface area contributed by atoms with E-state index in [0.717, 1.165) is 22.5 Å². The second kappa shape index (κ2) is 3.42. The largest absolute Gasteiger partial charge is 0.398 e. The molecule has 3 heteroatoms. The third-order valence-electron chi connectivity index (χ3n) is 2.73. The molecule has 2 aromatic rings. The summed E-state index contributed by atoms with van der Waals surface area (Å²) in [6.07, 6.45) is 1.86. The van der Waals surface area contributed by atoms with E-state index in [0.29, 0.717) is 0 Å². The number of nitrogen functional groups attached to an aromatic ring is 1. The highest BCUT2D eigenvalue weighted by Gasteiger charge is 2.08. The van der Waals surface area contributed by atoms with Crippen LogP contribution in [-0.4, -0.2) is 9.78 Å². The zero-order chi connectivity index (χ0) is 11.0. The van der Waals surface area contributed by atoms with Gasteiger partial charge < -0.3 is 5.73 Å². The predicted octanol–water partition coefficient (Wildman–Crippen LogP) is 2.29. The fourth-order valence-electron chi connectivity index (χ4n) is 1.69. The van der Waals surface area contributed by atoms with Crippen molar-refractivity contribution >= 4 is 5.69 Å². The van der Waals surface area contributed by atoms with Crippen molar-refractivity contribution < 1.29 is 0 Å². The first-order valence-electron chi connectivity index (χ1n) is 4.94. The van der Waals surface area contributed by atoms with Crippen molar-refractivity contribution in [1.82, 2.24) is 9.78 Å². The van der Waals surface area contributed by atoms with Crippen molar-refractivity contribution in [2.24, 2.45) is 7.05 Å². The average molecular weight is 201 g/mol. The lowest BCUT2D eigenvalue weighted by molar-refractivity contribution is 0.740. The van der Waals surface area contributed by atoms with Crippen LogP contribution in [0.1, 0.15) is 11.3 Å². The van der Waals surface area contributed by atoms with Crippen LogP contribution < -0.4 is 5.73 Å². The van der Waals surface area contributed by atoms with E-state index >= 15 is 0 Å². The van der Waals surface area contributed by atoms with Gasteiger partial charge in [0.15, 0.2) is 0 Å². The fraction of sp³-hybridized carbons (Fsp3) is 0.250. The van der Waals surface area contributed by atoms with E-state index in [1.807, 2.05) is 37.8 Å². The van der Waals surface area contributed by atoms with Crippen LogP contribution in [0.5, 0.6) is 0 Å². The molecule has 1 heterocycles. The summed E-state index contributed by atoms with van der Waals surface area (Å²) in [5.41, 5.74) is 11.3. The van der Waals surface area contributed by atoms with E-state index in [1.54, 1.807) is 0 Å². The summed E-state index contributed by atoms with van der Waals surface area (Å²) in [5, 5.41) is 4.22. The molecule has 0 aliphatic carbocycles. The van der Waals surface area contributed by atoms with Crippen LogP contribution in [-0.2, 0) is 7.05 Å². The Morgan fingerprint density at radius 3 is 2.47 bits per heavy atom. The zero-order valence-corrected chi connectivity index (χ0v) is 9.28. The SMILES string of the molecule is Cc1ccc(-c2cnn(C)c2C)c(N)c1. The maximum atomic E-state index is 5.99. The van der Waals surface area contributed by atoms with Crippen molar-refractivity contribution in [2.45, 2.75) is 13.8 Å². The van der Waals surface area contributed by atoms with Crippen molar-refractivity contribution in [1.29, 1.82) is 0 Å². The molecule has 2 N–H and O–H groups in total. The molecule has 0 aliphatic heterocycles. The molecule has 1 aromatic heterocycles. The molecule has 0 amide bonds. The van der Waals surface area contributed by atoms with Gasteiger partial charge in [0.1, 0.15) is 0 Å². The molecule has 0 spiro atoms. The molecule has 0 radical (unpaired) electrons. The van der Waals surface area contributed by atoms with Gasteiger partial charge in [0.25, 0.3) is 0 Å². The third-order valence-corrected chi connectivity index (χ3v) is 2.73. The summed E-state index contributed by atoms with van der Waals surface area (Å²) in [4.78, 5) is 0. The Bertz CT molecular complexity index is 498. The summed E-state index contributed by atoms with van der Waals surface area (Å²) in [5.74, 6) is 0. The Kier molecular flexibility index (Phi) is 2.23. The Hall–Kier alpha value is -1.77. The second-order valence-electron chi connectivity index (χ2n) is 3.86. The van der Waals surface area contributed by atoms with Gasteiger partial charge in [-0.1, -0.05) is 12.1 Å². The Labute approximate surface area is 89.5 Å². The Balaban J connectivity index is 2.59. The quantitative estimate of drug-likeness (QED) is 0.719. The van der Waals surface area contributed by atoms with E-state index in [1.165, 1.54) is 5.56 Å². The summed E-state index contributed by atoms with van der Waals surface area (Å²) >= 11 is 0. The van der Waals surface area contributed by atoms with Crippen LogP contribution in [0.15, 0.2) is 24.4 Å². The normalized spacial score (nSPS) is 10.6. The summed E-state index contributed by atoms with van der Waals surface area (Å²) in [6, 6.07) is 6.11. The lowest BCUT2D eigenvalue weighted by Gasteiger charge is -2.06. The van der Waals surface area contributed by atoms with Crippen LogP contribution in [0.2, 0.25) is 0 Å². The number of hydrogen-bond acceptors (Lipinski definition) is 2. The van der Waals surface area contributed by atoms with Gasteiger partial charge in [-0.25, -0.2) is 0 Å². The van der Waals surface area contributed by atoms with Crippen LogP contribution in [0, 0.1) is 13.8 Å². The van der Waals surface area contributed by atoms with Crippen molar-refractivity contribution in [3.63, 3.8) is 0 Å². The number of aryl methyl sites for hydroxylation is 2. The van der Waals surface area contributed by atoms with Crippen LogP contribution >= 0.6 is 0 Å². The van der Waals surface area contributed by atoms with E-state index in [9.17, 15) is 0 Å². The fourth-order valence-corrected chi connectivity index (χ4v) is 1.69. The molecule has 0 aliphatic rings. The van der Waals surface area contributed by atoms with Crippen LogP contribution in [0.3, 0.4) is 0 Å². The molecule has 0 fully saturated rings. The first-order chi connectivity index (χ1) is 7.09. The molecule has 1 aromatic carbocycles. The summed E-state index contributed by atoms with van der Waals surface area (Å²) in [7, 11) is 1.93. The molecule has 0 saturated heterocycles. The van der Waals surface area contributed by atoms with E-state index in [-0.39, 0.29) is 0 Å². The zero-order valence-electron chi connectivity index (χ0n) is 9.28. The van der Waals surface area contributed by atoms with E-state index in [2.05, 4.69) is 17.2 Å². The maximum Gasteiger partial charge on any atom is 0.0571 e. The highest BCUT2D eigenvalue weighted by molar-refractivity contribution is 5.77. The van der Waals surface area contributed by atoms with Crippen molar-refractivity contribution in [2.75, 3.05) is 5.73 Å². The molecule has 15 heavy (non-hydrogen) atoms. The number of nitrogens with zero attached hydrogens (tertiary/aromatic N) is 2. The summed E-state index contributed by atoms with van der Waals surface area (Å²) < 4.78 is 1.86. The lowest BCUT2D eigenvalue weighted by Crippen LogP contribution is -1.94. The number of rotatable bonds is 1. The smallest absolute Gasteiger partial charge is 0.0571 e. The number of benzene rings is 1. The molecule has 78 valence electrons. The number of nitrogens with two attached hydrogens (primary N) is 1. The first kappa shape index (κ1) is 9.77. The van der Waals surface area contributed by atoms with Crippen LogP contribution in [0.25, 0.3) is 11.1 Å². The van der Waals surface area contributed by atoms with Gasteiger partial charge in [0, 0.05) is 29.6 Å². The van der Waals surface area contributed by atoms with Gasteiger partial charge in [-0.3, -0.25) is 4.68 Å². The average Bonchev–Trinajstić information content (AvgIpc) is 2.49. The molecular formula is C12H15N3. The minimum atomic E-state index is 0.811. The van der Waals surface area contributed by atoms with Crippen molar-refractivity contribution in [3.8, 4) is 11.1 Å². The molecule has 0 atom stereocenters. The highest BCUT2D eigenvalue weighted by atomic mass is 15.3. The predicted molar refractivity (Wildman–Crippen MR) is 62.5 cm³/mol. The molecule has 0 unspecified atom stereocenters. The van der Waals surface area contributed by atoms with E-state index in [4.69, 9.17) is 5.73 Å². The monoisotopic (exact) mass is 201 g/mol. The third kappa shape index (κ3) is 1.61. The highest BCUT2D eigenvalue weighted by Crippen LogP contribution is 2.28. The standard InChI is InChI=1S/C12H15N3/c1-8-4-5-10(12(13)6-8)11-7-14-15(3)9(11)2/h4-7H,13H2,1-3H3. The van der Waals surface area contributed by atoms with Gasteiger partial charge in [-0.2, -0.15) is 5.10 Å². The van der Waals surface area contributed by atoms with Gasteiger partial charge in [-0.05, 0) is 25.5 Å². The summed E-state index contributed by atoms with van der Waals surface area (Å²) in [6.45, 7) is 4.08. The van der Waals surface area contributed by atoms with Gasteiger partial charge >= 0.3 is 0 Å². The first-order valence-corrected chi connectivity index (χ1v) is 4.94. The molecule has 2 rings (SSSR count). The molecule has 0 saturated carbocycles. The second-order valence-corrected chi connectivity index (χ2v) is 3.86. The number of aromatic nitrogens is 2. The van der Waals surface area contributed by atoms with Gasteiger partial charge in [0.05, 0.1) is 6.20 Å². The van der Waals surface area contributed by atoms with Gasteiger partial charge in [0.2, 0.25) is 0 Å². The van der Waals surface area contributed by atoms with Crippen LogP contribution in [0.4, 0.5) is 5.69 Å². The topological polar surface area (TPSA) is 43.8 Å². The molecule has 3 nitrogen and oxygen atoms in total. The minimum Gasteiger partial charge on any atom is -0.398 e. The van der Waals surface area contributed by atoms with Crippen molar-refractivity contribution in [3.05, 3.63) is 35.7 Å². The number of anilines is 1. The Morgan fingerprint density at radius 1 is 1.20 bits per heavy atom. The molecule has 0 bridgehead atoms. The minimum absolute atomic E-state index is 0.811. The van der Waals surface area contributed by atoms with Gasteiger partial charge in [-0.15, -0.1) is 0 Å².